The zero-order valence-electron chi connectivity index (χ0n) is 18.3. The number of piperidine rings is 1. The molecule has 4 fully saturated rings. The van der Waals surface area contributed by atoms with Crippen molar-refractivity contribution in [2.75, 3.05) is 18.0 Å². The van der Waals surface area contributed by atoms with E-state index in [1.165, 1.54) is 25.7 Å². The van der Waals surface area contributed by atoms with Crippen molar-refractivity contribution in [3.63, 3.8) is 0 Å². The topological polar surface area (TPSA) is 79.3 Å². The van der Waals surface area contributed by atoms with Crippen molar-refractivity contribution in [2.45, 2.75) is 76.3 Å². The van der Waals surface area contributed by atoms with Gasteiger partial charge in [0.1, 0.15) is 11.4 Å². The number of aromatic nitrogens is 2. The van der Waals surface area contributed by atoms with E-state index in [1.54, 1.807) is 13.1 Å². The molecule has 3 aliphatic carbocycles. The lowest BCUT2D eigenvalue weighted by atomic mass is 9.75. The Labute approximate surface area is 178 Å². The molecule has 5 unspecified atom stereocenters. The third-order valence-electron chi connectivity index (χ3n) is 8.17. The van der Waals surface area contributed by atoms with Gasteiger partial charge in [-0.05, 0) is 75.5 Å². The van der Waals surface area contributed by atoms with Crippen molar-refractivity contribution in [1.29, 1.82) is 0 Å². The third kappa shape index (κ3) is 3.50. The molecule has 5 rings (SSSR count). The Kier molecular flexibility index (Phi) is 5.02. The van der Waals surface area contributed by atoms with E-state index in [0.717, 1.165) is 51.0 Å². The van der Waals surface area contributed by atoms with E-state index < -0.39 is 0 Å². The average molecular weight is 414 g/mol. The zero-order chi connectivity index (χ0) is 20.9. The highest BCUT2D eigenvalue weighted by Gasteiger charge is 2.54. The highest BCUT2D eigenvalue weighted by atomic mass is 16.2. The van der Waals surface area contributed by atoms with Crippen LogP contribution in [-0.4, -0.2) is 46.3 Å². The molecule has 5 atom stereocenters. The number of rotatable bonds is 4. The molecule has 7 nitrogen and oxygen atoms in total. The Bertz CT molecular complexity index is 830. The summed E-state index contributed by atoms with van der Waals surface area (Å²) >= 11 is 0. The number of aryl methyl sites for hydroxylation is 1. The normalized spacial score (nSPS) is 35.2. The van der Waals surface area contributed by atoms with Gasteiger partial charge in [0.2, 0.25) is 5.91 Å². The Morgan fingerprint density at radius 1 is 1.13 bits per heavy atom. The molecule has 3 bridgehead atoms. The molecule has 2 amide bonds. The van der Waals surface area contributed by atoms with Gasteiger partial charge in [0, 0.05) is 38.6 Å². The fourth-order valence-corrected chi connectivity index (χ4v) is 7.19. The SMILES string of the molecule is CC(=O)NC12CC3CCC(NC(=O)c4cnn(C)c4N4CCCCC4)C(C1)C(C3)C2. The summed E-state index contributed by atoms with van der Waals surface area (Å²) in [6, 6.07) is 0.192. The third-order valence-corrected chi connectivity index (χ3v) is 8.17. The number of hydrogen-bond donors (Lipinski definition) is 2. The van der Waals surface area contributed by atoms with Crippen molar-refractivity contribution in [3.05, 3.63) is 11.8 Å². The molecule has 3 saturated carbocycles. The quantitative estimate of drug-likeness (QED) is 0.795. The molecule has 7 heteroatoms. The van der Waals surface area contributed by atoms with Crippen LogP contribution in [0.5, 0.6) is 0 Å². The minimum absolute atomic E-state index is 0.0171. The molecule has 1 aromatic heterocycles. The van der Waals surface area contributed by atoms with Crippen LogP contribution in [0.1, 0.15) is 75.1 Å². The molecule has 1 aromatic rings. The van der Waals surface area contributed by atoms with Crippen molar-refractivity contribution >= 4 is 17.6 Å². The minimum Gasteiger partial charge on any atom is -0.356 e. The number of carbonyl (C=O) groups is 2. The van der Waals surface area contributed by atoms with Crippen molar-refractivity contribution in [2.24, 2.45) is 24.8 Å². The first kappa shape index (κ1) is 19.9. The first-order valence-corrected chi connectivity index (χ1v) is 11.8. The molecule has 2 N–H and O–H groups in total. The van der Waals surface area contributed by atoms with E-state index in [0.29, 0.717) is 23.3 Å². The second kappa shape index (κ2) is 7.57. The Morgan fingerprint density at radius 3 is 2.70 bits per heavy atom. The largest absolute Gasteiger partial charge is 0.356 e. The van der Waals surface area contributed by atoms with Gasteiger partial charge < -0.3 is 15.5 Å². The molecule has 4 aliphatic rings. The summed E-state index contributed by atoms with van der Waals surface area (Å²) in [5, 5.41) is 11.1. The Morgan fingerprint density at radius 2 is 1.93 bits per heavy atom. The summed E-state index contributed by atoms with van der Waals surface area (Å²) in [5.74, 6) is 2.80. The monoisotopic (exact) mass is 413 g/mol. The molecule has 2 heterocycles. The summed E-state index contributed by atoms with van der Waals surface area (Å²) < 4.78 is 1.85. The summed E-state index contributed by atoms with van der Waals surface area (Å²) in [7, 11) is 1.93. The summed E-state index contributed by atoms with van der Waals surface area (Å²) in [5.41, 5.74) is 0.667. The van der Waals surface area contributed by atoms with Gasteiger partial charge in [0.05, 0.1) is 6.20 Å². The van der Waals surface area contributed by atoms with Gasteiger partial charge in [-0.15, -0.1) is 0 Å². The van der Waals surface area contributed by atoms with E-state index in [4.69, 9.17) is 0 Å². The van der Waals surface area contributed by atoms with Crippen LogP contribution in [0.15, 0.2) is 6.20 Å². The molecule has 0 spiro atoms. The van der Waals surface area contributed by atoms with Gasteiger partial charge in [0.25, 0.3) is 5.91 Å². The van der Waals surface area contributed by atoms with Crippen LogP contribution in [-0.2, 0) is 11.8 Å². The van der Waals surface area contributed by atoms with E-state index in [1.807, 2.05) is 11.7 Å². The number of amides is 2. The first-order valence-electron chi connectivity index (χ1n) is 11.8. The lowest BCUT2D eigenvalue weighted by molar-refractivity contribution is -0.121. The number of anilines is 1. The number of nitrogens with zero attached hydrogens (tertiary/aromatic N) is 3. The predicted octanol–water partition coefficient (Wildman–Crippen LogP) is 2.61. The van der Waals surface area contributed by atoms with E-state index in [9.17, 15) is 9.59 Å². The molecule has 164 valence electrons. The smallest absolute Gasteiger partial charge is 0.256 e. The molecular formula is C23H35N5O2. The first-order chi connectivity index (χ1) is 14.4. The molecular weight excluding hydrogens is 378 g/mol. The lowest BCUT2D eigenvalue weighted by Gasteiger charge is -2.38. The molecule has 30 heavy (non-hydrogen) atoms. The van der Waals surface area contributed by atoms with Gasteiger partial charge in [0.15, 0.2) is 0 Å². The van der Waals surface area contributed by atoms with Gasteiger partial charge in [-0.2, -0.15) is 5.10 Å². The molecule has 1 aliphatic heterocycles. The van der Waals surface area contributed by atoms with E-state index in [-0.39, 0.29) is 23.4 Å². The van der Waals surface area contributed by atoms with Crippen LogP contribution >= 0.6 is 0 Å². The van der Waals surface area contributed by atoms with Gasteiger partial charge >= 0.3 is 0 Å². The molecule has 1 saturated heterocycles. The van der Waals surface area contributed by atoms with Crippen molar-refractivity contribution in [3.8, 4) is 0 Å². The minimum atomic E-state index is -0.0409. The second-order valence-electron chi connectivity index (χ2n) is 10.3. The fourth-order valence-electron chi connectivity index (χ4n) is 7.19. The standard InChI is InChI=1S/C23H35N5O2/c1-15(29)26-23-11-16-6-7-20(18(13-23)17(10-16)12-23)25-21(30)19-14-24-27(2)22(19)28-8-4-3-5-9-28/h14,16-18,20H,3-13H2,1-2H3,(H,25,30)(H,26,29). The van der Waals surface area contributed by atoms with E-state index >= 15 is 0 Å². The van der Waals surface area contributed by atoms with Gasteiger partial charge in [-0.25, -0.2) is 0 Å². The highest BCUT2D eigenvalue weighted by molar-refractivity contribution is 5.99. The van der Waals surface area contributed by atoms with Crippen molar-refractivity contribution < 1.29 is 9.59 Å². The number of nitrogens with one attached hydrogen (secondary N) is 2. The molecule has 0 aromatic carbocycles. The number of hydrogen-bond acceptors (Lipinski definition) is 4. The maximum Gasteiger partial charge on any atom is 0.256 e. The zero-order valence-corrected chi connectivity index (χ0v) is 18.3. The Balaban J connectivity index is 1.34. The van der Waals surface area contributed by atoms with Crippen LogP contribution in [0.2, 0.25) is 0 Å². The van der Waals surface area contributed by atoms with Crippen LogP contribution in [0.4, 0.5) is 5.82 Å². The fraction of sp³-hybridized carbons (Fsp3) is 0.783. The maximum atomic E-state index is 13.4. The summed E-state index contributed by atoms with van der Waals surface area (Å²) in [6.07, 6.45) is 12.0. The lowest BCUT2D eigenvalue weighted by Crippen LogP contribution is -2.50. The van der Waals surface area contributed by atoms with Crippen molar-refractivity contribution in [1.82, 2.24) is 20.4 Å². The second-order valence-corrected chi connectivity index (χ2v) is 10.3. The average Bonchev–Trinajstić information content (AvgIpc) is 3.18. The highest BCUT2D eigenvalue weighted by Crippen LogP contribution is 2.55. The van der Waals surface area contributed by atoms with E-state index in [2.05, 4.69) is 20.6 Å². The predicted molar refractivity (Wildman–Crippen MR) is 115 cm³/mol. The van der Waals surface area contributed by atoms with Crippen LogP contribution in [0.3, 0.4) is 0 Å². The number of carbonyl (C=O) groups excluding carboxylic acids is 2. The summed E-state index contributed by atoms with van der Waals surface area (Å²) in [4.78, 5) is 27.6. The van der Waals surface area contributed by atoms with Crippen LogP contribution < -0.4 is 15.5 Å². The maximum absolute atomic E-state index is 13.4. The van der Waals surface area contributed by atoms with Crippen LogP contribution in [0.25, 0.3) is 0 Å². The summed E-state index contributed by atoms with van der Waals surface area (Å²) in [6.45, 7) is 3.62. The molecule has 0 radical (unpaired) electrons. The van der Waals surface area contributed by atoms with Crippen LogP contribution in [0, 0.1) is 17.8 Å². The Hall–Kier alpha value is -2.05. The van der Waals surface area contributed by atoms with Gasteiger partial charge in [-0.1, -0.05) is 0 Å². The van der Waals surface area contributed by atoms with Gasteiger partial charge in [-0.3, -0.25) is 14.3 Å². The number of fused-ring (bicyclic) bond motifs is 2.